The number of esters is 3. The number of primary amides is 1. The van der Waals surface area contributed by atoms with Crippen molar-refractivity contribution in [3.05, 3.63) is 106 Å². The predicted molar refractivity (Wildman–Crippen MR) is 338 cm³/mol. The summed E-state index contributed by atoms with van der Waals surface area (Å²) in [5.41, 5.74) is 7.32. The Morgan fingerprint density at radius 1 is 0.828 bits per heavy atom. The number of carbonyl (C=O) groups excluding carboxylic acids is 12. The van der Waals surface area contributed by atoms with Gasteiger partial charge >= 0.3 is 29.9 Å². The van der Waals surface area contributed by atoms with E-state index in [2.05, 4.69) is 26.6 Å². The van der Waals surface area contributed by atoms with Gasteiger partial charge in [-0.3, -0.25) is 43.2 Å². The molecule has 93 heavy (non-hydrogen) atoms. The van der Waals surface area contributed by atoms with E-state index in [0.29, 0.717) is 45.5 Å². The second-order valence-corrected chi connectivity index (χ2v) is 25.3. The van der Waals surface area contributed by atoms with E-state index in [1.165, 1.54) is 13.2 Å². The highest BCUT2D eigenvalue weighted by Gasteiger charge is 2.48. The van der Waals surface area contributed by atoms with Gasteiger partial charge in [-0.2, -0.15) is 0 Å². The Morgan fingerprint density at radius 3 is 2.15 bits per heavy atom. The maximum Gasteiger partial charge on any atom is 0.347 e. The average molecular weight is 1310 g/mol. The fourth-order valence-corrected chi connectivity index (χ4v) is 10.7. The molecule has 8 atom stereocenters. The van der Waals surface area contributed by atoms with Crippen LogP contribution in [0.3, 0.4) is 0 Å². The van der Waals surface area contributed by atoms with E-state index in [1.54, 1.807) is 76.2 Å². The van der Waals surface area contributed by atoms with Gasteiger partial charge in [-0.1, -0.05) is 94.8 Å². The maximum atomic E-state index is 14.0. The number of anilines is 1. The average Bonchev–Trinajstić information content (AvgIpc) is 1.64. The number of benzene rings is 3. The number of hydroxylamine groups is 2. The van der Waals surface area contributed by atoms with E-state index < -0.39 is 119 Å². The zero-order chi connectivity index (χ0) is 68.1. The molecule has 0 aromatic heterocycles. The third-order valence-corrected chi connectivity index (χ3v) is 16.3. The third-order valence-electron chi connectivity index (χ3n) is 16.0. The monoisotopic (exact) mass is 1310 g/mol. The van der Waals surface area contributed by atoms with Crippen molar-refractivity contribution in [2.75, 3.05) is 25.5 Å². The predicted octanol–water partition coefficient (Wildman–Crippen LogP) is 6.68. The normalized spacial score (nSPS) is 20.6. The molecule has 3 aliphatic heterocycles. The van der Waals surface area contributed by atoms with E-state index in [1.807, 2.05) is 45.0 Å². The number of nitrogens with one attached hydrogen (secondary N) is 5. The van der Waals surface area contributed by atoms with Gasteiger partial charge in [0.2, 0.25) is 23.6 Å². The Bertz CT molecular complexity index is 3210. The first-order valence-electron chi connectivity index (χ1n) is 31.3. The number of aryl methyl sites for hydroxylation is 1. The number of halogens is 1. The summed E-state index contributed by atoms with van der Waals surface area (Å²) in [6.07, 6.45) is 0.405. The number of epoxide rings is 1. The molecule has 3 aromatic carbocycles. The van der Waals surface area contributed by atoms with Crippen LogP contribution in [0.1, 0.15) is 147 Å². The maximum absolute atomic E-state index is 14.0. The Morgan fingerprint density at radius 2 is 1.51 bits per heavy atom. The lowest BCUT2D eigenvalue weighted by Crippen LogP contribution is -2.51. The lowest BCUT2D eigenvalue weighted by molar-refractivity contribution is -0.197. The van der Waals surface area contributed by atoms with Crippen LogP contribution in [0, 0.1) is 29.1 Å². The summed E-state index contributed by atoms with van der Waals surface area (Å²) in [6, 6.07) is 16.4. The Labute approximate surface area is 545 Å². The summed E-state index contributed by atoms with van der Waals surface area (Å²) >= 11 is 6.39. The highest BCUT2D eigenvalue weighted by molar-refractivity contribution is 6.32. The minimum absolute atomic E-state index is 0.0114. The van der Waals surface area contributed by atoms with Crippen LogP contribution in [0.25, 0.3) is 0 Å². The number of rotatable bonds is 29. The first kappa shape index (κ1) is 73.3. The number of methoxy groups -OCH3 is 1. The molecule has 6 rings (SSSR count). The summed E-state index contributed by atoms with van der Waals surface area (Å²) in [5, 5.41) is 14.3. The van der Waals surface area contributed by atoms with Gasteiger partial charge in [0, 0.05) is 82.0 Å². The molecular weight excluding hydrogens is 1230 g/mol. The van der Waals surface area contributed by atoms with Crippen molar-refractivity contribution in [2.45, 2.75) is 175 Å². The lowest BCUT2D eigenvalue weighted by Gasteiger charge is -2.29. The van der Waals surface area contributed by atoms with Gasteiger partial charge in [0.15, 0.2) is 11.9 Å². The Kier molecular flexibility index (Phi) is 27.5. The smallest absolute Gasteiger partial charge is 0.347 e. The third kappa shape index (κ3) is 23.1. The molecule has 2 saturated heterocycles. The van der Waals surface area contributed by atoms with Crippen molar-refractivity contribution in [1.82, 2.24) is 26.3 Å². The number of nitrogens with two attached hydrogens (primary N) is 1. The molecule has 7 N–H and O–H groups in total. The molecule has 2 fully saturated rings. The molecule has 3 aliphatic rings. The molecule has 3 heterocycles. The first-order chi connectivity index (χ1) is 44.1. The van der Waals surface area contributed by atoms with Gasteiger partial charge < -0.3 is 60.8 Å². The molecular formula is C67H86ClN7O18. The van der Waals surface area contributed by atoms with Gasteiger partial charge in [-0.15, -0.1) is 5.06 Å². The topological polar surface area (TPSA) is 353 Å². The van der Waals surface area contributed by atoms with Crippen LogP contribution in [0.4, 0.5) is 10.5 Å². The van der Waals surface area contributed by atoms with Crippen molar-refractivity contribution in [3.63, 3.8) is 0 Å². The number of ether oxygens (including phenoxy) is 5. The van der Waals surface area contributed by atoms with Crippen molar-refractivity contribution < 1.29 is 86.1 Å². The molecule has 8 amide bonds. The van der Waals surface area contributed by atoms with E-state index in [9.17, 15) is 57.5 Å². The standard InChI is InChI=1S/C67H86ClN7O18/c1-38(2)32-52-64(85)90-50(13-9-14-53(77)73-48(34-43-21-27-51(88-8)47(68)33-43)63(84)71-37-67(6,7)65(86)91-52)40(5)60-61(92-60)44-23-17-41(18-24-44)22-30-57(81)89-36-42-19-25-46(26-20-42)72-62(83)45(12-11-31-70-66(69)87)35-49(76)59(39(3)4)74-54(78)15-10-16-58(82)93-75-55(79)28-29-56(75)80/h9,14,17-21,23-27,33,38-40,45,48,50,52,59-61H,10-13,15-16,22,28-32,34-37H2,1-8H3,(H,71,84)(H,72,83)(H,73,77)(H,74,78)(H3,69,70,87)/b14-9+/t40-,45-,48+,50?,52-,59-,60+,61+/m0/s1. The lowest BCUT2D eigenvalue weighted by atomic mass is 9.89. The van der Waals surface area contributed by atoms with Crippen LogP contribution < -0.4 is 37.1 Å². The number of imide groups is 1. The largest absolute Gasteiger partial charge is 0.495 e. The van der Waals surface area contributed by atoms with Crippen LogP contribution >= 0.6 is 11.6 Å². The van der Waals surface area contributed by atoms with Crippen LogP contribution in [0.2, 0.25) is 5.02 Å². The number of ketones is 1. The number of urea groups is 1. The zero-order valence-electron chi connectivity index (χ0n) is 53.8. The van der Waals surface area contributed by atoms with Crippen molar-refractivity contribution in [2.24, 2.45) is 34.8 Å². The molecule has 0 radical (unpaired) electrons. The number of hydrogen-bond donors (Lipinski definition) is 6. The second kappa shape index (κ2) is 34.8. The number of carbonyl (C=O) groups is 12. The summed E-state index contributed by atoms with van der Waals surface area (Å²) < 4.78 is 29.1. The van der Waals surface area contributed by atoms with E-state index >= 15 is 0 Å². The number of amides is 8. The Balaban J connectivity index is 1.000. The molecule has 504 valence electrons. The van der Waals surface area contributed by atoms with Gasteiger partial charge in [0.25, 0.3) is 11.8 Å². The molecule has 0 aliphatic carbocycles. The molecule has 0 saturated carbocycles. The van der Waals surface area contributed by atoms with Crippen molar-refractivity contribution in [1.29, 1.82) is 0 Å². The number of Topliss-reactive ketones (excluding diaryl/α,β-unsaturated/α-hetero) is 1. The van der Waals surface area contributed by atoms with Crippen molar-refractivity contribution in [3.8, 4) is 5.75 Å². The fraction of sp³-hybridized carbons (Fsp3) is 0.522. The highest BCUT2D eigenvalue weighted by atomic mass is 35.5. The SMILES string of the molecule is COc1ccc(C[C@H]2NC(=O)/C=C/CC([C@H](C)[C@H]3O[C@@H]3c3ccc(CCC(=O)OCc4ccc(NC(=O)[C@@H](CCCNC(N)=O)CC(=O)[C@@H](NC(=O)CCCC(=O)ON5C(=O)CCC5=O)C(C)C)cc4)cc3)OC(=O)[C@H](CC(C)C)OC(=O)C(C)(C)CNC2=O)cc1Cl. The van der Waals surface area contributed by atoms with Crippen molar-refractivity contribution >= 4 is 88.4 Å². The number of hydrogen-bond acceptors (Lipinski definition) is 18. The molecule has 0 spiro atoms. The fourth-order valence-electron chi connectivity index (χ4n) is 10.4. The highest BCUT2D eigenvalue weighted by Crippen LogP contribution is 2.45. The summed E-state index contributed by atoms with van der Waals surface area (Å²) in [6.45, 7) is 12.2. The zero-order valence-corrected chi connectivity index (χ0v) is 54.6. The Hall–Kier alpha value is -8.71. The summed E-state index contributed by atoms with van der Waals surface area (Å²) in [4.78, 5) is 160. The van der Waals surface area contributed by atoms with Crippen LogP contribution in [0.5, 0.6) is 5.75 Å². The summed E-state index contributed by atoms with van der Waals surface area (Å²) in [5.74, 6) is -7.92. The number of nitrogens with zero attached hydrogens (tertiary/aromatic N) is 1. The van der Waals surface area contributed by atoms with Gasteiger partial charge in [0.05, 0.1) is 29.7 Å². The minimum atomic E-state index is -1.29. The number of cyclic esters (lactones) is 2. The summed E-state index contributed by atoms with van der Waals surface area (Å²) in [7, 11) is 1.48. The van der Waals surface area contributed by atoms with Gasteiger partial charge in [-0.05, 0) is 110 Å². The first-order valence-corrected chi connectivity index (χ1v) is 31.7. The second-order valence-electron chi connectivity index (χ2n) is 24.9. The molecule has 0 bridgehead atoms. The van der Waals surface area contributed by atoms with Gasteiger partial charge in [0.1, 0.15) is 30.6 Å². The van der Waals surface area contributed by atoms with Crippen LogP contribution in [-0.4, -0.2) is 127 Å². The van der Waals surface area contributed by atoms with Crippen LogP contribution in [-0.2, 0) is 96.0 Å². The molecule has 26 heteroatoms. The van der Waals surface area contributed by atoms with Crippen LogP contribution in [0.15, 0.2) is 78.9 Å². The molecule has 3 aromatic rings. The quantitative estimate of drug-likeness (QED) is 0.0139. The van der Waals surface area contributed by atoms with E-state index in [0.717, 1.165) is 11.1 Å². The van der Waals surface area contributed by atoms with E-state index in [-0.39, 0.29) is 108 Å². The molecule has 25 nitrogen and oxygen atoms in total. The van der Waals surface area contributed by atoms with Gasteiger partial charge in [-0.25, -0.2) is 14.4 Å². The molecule has 1 unspecified atom stereocenters. The minimum Gasteiger partial charge on any atom is -0.495 e. The van der Waals surface area contributed by atoms with E-state index in [4.69, 9.17) is 45.9 Å².